The molecule has 0 spiro atoms. The fourth-order valence-electron chi connectivity index (χ4n) is 2.62. The summed E-state index contributed by atoms with van der Waals surface area (Å²) in [4.78, 5) is 28.1. The number of rotatable bonds is 3. The molecule has 1 aliphatic heterocycles. The SMILES string of the molecule is COC(=O)[C@H]1CCCCN1C(=O)c1ccc(N(C)C)cc1. The Morgan fingerprint density at radius 2 is 1.86 bits per heavy atom. The van der Waals surface area contributed by atoms with Crippen LogP contribution in [0.3, 0.4) is 0 Å². The summed E-state index contributed by atoms with van der Waals surface area (Å²) >= 11 is 0. The number of esters is 1. The largest absolute Gasteiger partial charge is 0.467 e. The molecular formula is C16H22N2O3. The van der Waals surface area contributed by atoms with Gasteiger partial charge in [0.1, 0.15) is 6.04 Å². The number of likely N-dealkylation sites (tertiary alicyclic amines) is 1. The van der Waals surface area contributed by atoms with Crippen molar-refractivity contribution in [1.29, 1.82) is 0 Å². The first-order chi connectivity index (χ1) is 10.0. The van der Waals surface area contributed by atoms with Gasteiger partial charge in [-0.1, -0.05) is 0 Å². The number of methoxy groups -OCH3 is 1. The van der Waals surface area contributed by atoms with Gasteiger partial charge < -0.3 is 14.5 Å². The maximum absolute atomic E-state index is 12.6. The van der Waals surface area contributed by atoms with Crippen molar-refractivity contribution in [2.24, 2.45) is 0 Å². The third-order valence-corrected chi connectivity index (χ3v) is 3.87. The third-order valence-electron chi connectivity index (χ3n) is 3.87. The van der Waals surface area contributed by atoms with E-state index in [1.165, 1.54) is 7.11 Å². The van der Waals surface area contributed by atoms with Gasteiger partial charge in [0.05, 0.1) is 7.11 Å². The van der Waals surface area contributed by atoms with Gasteiger partial charge in [-0.05, 0) is 43.5 Å². The Balaban J connectivity index is 2.18. The van der Waals surface area contributed by atoms with Crippen molar-refractivity contribution in [1.82, 2.24) is 4.90 Å². The zero-order chi connectivity index (χ0) is 15.4. The highest BCUT2D eigenvalue weighted by Gasteiger charge is 2.33. The average Bonchev–Trinajstić information content (AvgIpc) is 2.53. The number of carbonyl (C=O) groups is 2. The molecule has 1 saturated heterocycles. The molecule has 2 rings (SSSR count). The Kier molecular flexibility index (Phi) is 4.83. The van der Waals surface area contributed by atoms with Gasteiger partial charge in [-0.25, -0.2) is 4.79 Å². The minimum Gasteiger partial charge on any atom is -0.467 e. The van der Waals surface area contributed by atoms with Crippen molar-refractivity contribution in [2.75, 3.05) is 32.6 Å². The molecular weight excluding hydrogens is 268 g/mol. The van der Waals surface area contributed by atoms with Crippen LogP contribution in [-0.2, 0) is 9.53 Å². The molecule has 1 atom stereocenters. The predicted molar refractivity (Wildman–Crippen MR) is 81.5 cm³/mol. The minimum atomic E-state index is -0.454. The Morgan fingerprint density at radius 1 is 1.19 bits per heavy atom. The molecule has 1 aromatic carbocycles. The zero-order valence-electron chi connectivity index (χ0n) is 12.8. The van der Waals surface area contributed by atoms with Gasteiger partial charge in [-0.3, -0.25) is 4.79 Å². The number of piperidine rings is 1. The Hall–Kier alpha value is -2.04. The molecule has 0 bridgehead atoms. The Labute approximate surface area is 125 Å². The van der Waals surface area contributed by atoms with Crippen LogP contribution in [-0.4, -0.2) is 50.6 Å². The maximum atomic E-state index is 12.6. The number of anilines is 1. The molecule has 5 heteroatoms. The number of hydrogen-bond donors (Lipinski definition) is 0. The van der Waals surface area contributed by atoms with Crippen LogP contribution in [0.25, 0.3) is 0 Å². The molecule has 0 N–H and O–H groups in total. The molecule has 0 aliphatic carbocycles. The summed E-state index contributed by atoms with van der Waals surface area (Å²) in [6.45, 7) is 0.605. The number of benzene rings is 1. The molecule has 1 fully saturated rings. The molecule has 0 aromatic heterocycles. The standard InChI is InChI=1S/C16H22N2O3/c1-17(2)13-9-7-12(8-10-13)15(19)18-11-5-4-6-14(18)16(20)21-3/h7-10,14H,4-6,11H2,1-3H3/t14-/m1/s1. The lowest BCUT2D eigenvalue weighted by Crippen LogP contribution is -2.48. The van der Waals surface area contributed by atoms with Crippen LogP contribution in [0, 0.1) is 0 Å². The molecule has 1 aliphatic rings. The van der Waals surface area contributed by atoms with E-state index in [4.69, 9.17) is 4.74 Å². The Morgan fingerprint density at radius 3 is 2.43 bits per heavy atom. The lowest BCUT2D eigenvalue weighted by Gasteiger charge is -2.33. The number of amides is 1. The van der Waals surface area contributed by atoms with Crippen LogP contribution >= 0.6 is 0 Å². The summed E-state index contributed by atoms with van der Waals surface area (Å²) in [5.41, 5.74) is 1.64. The van der Waals surface area contributed by atoms with Crippen LogP contribution in [0.4, 0.5) is 5.69 Å². The smallest absolute Gasteiger partial charge is 0.328 e. The molecule has 5 nitrogen and oxygen atoms in total. The third kappa shape index (κ3) is 3.35. The summed E-state index contributed by atoms with van der Waals surface area (Å²) in [6.07, 6.45) is 2.55. The summed E-state index contributed by atoms with van der Waals surface area (Å²) in [5, 5.41) is 0. The van der Waals surface area contributed by atoms with Gasteiger partial charge in [0.2, 0.25) is 0 Å². The van der Waals surface area contributed by atoms with Gasteiger partial charge in [0.15, 0.2) is 0 Å². The number of ether oxygens (including phenoxy) is 1. The lowest BCUT2D eigenvalue weighted by molar-refractivity contribution is -0.147. The second-order valence-electron chi connectivity index (χ2n) is 5.47. The average molecular weight is 290 g/mol. The quantitative estimate of drug-likeness (QED) is 0.798. The van der Waals surface area contributed by atoms with E-state index in [0.717, 1.165) is 18.5 Å². The normalized spacial score (nSPS) is 18.2. The van der Waals surface area contributed by atoms with Crippen molar-refractivity contribution in [3.63, 3.8) is 0 Å². The first-order valence-corrected chi connectivity index (χ1v) is 7.20. The molecule has 21 heavy (non-hydrogen) atoms. The summed E-state index contributed by atoms with van der Waals surface area (Å²) in [5.74, 6) is -0.427. The van der Waals surface area contributed by atoms with Gasteiger partial charge >= 0.3 is 5.97 Å². The second-order valence-corrected chi connectivity index (χ2v) is 5.47. The maximum Gasteiger partial charge on any atom is 0.328 e. The van der Waals surface area contributed by atoms with Crippen LogP contribution in [0.2, 0.25) is 0 Å². The molecule has 0 unspecified atom stereocenters. The topological polar surface area (TPSA) is 49.9 Å². The predicted octanol–water partition coefficient (Wildman–Crippen LogP) is 1.92. The fourth-order valence-corrected chi connectivity index (χ4v) is 2.62. The first-order valence-electron chi connectivity index (χ1n) is 7.20. The van der Waals surface area contributed by atoms with Crippen LogP contribution in [0.1, 0.15) is 29.6 Å². The molecule has 0 radical (unpaired) electrons. The molecule has 1 aromatic rings. The van der Waals surface area contributed by atoms with Gasteiger partial charge in [0, 0.05) is 31.9 Å². The molecule has 1 amide bonds. The van der Waals surface area contributed by atoms with E-state index in [1.54, 1.807) is 17.0 Å². The van der Waals surface area contributed by atoms with Crippen molar-refractivity contribution in [2.45, 2.75) is 25.3 Å². The van der Waals surface area contributed by atoms with E-state index in [0.29, 0.717) is 18.5 Å². The molecule has 0 saturated carbocycles. The summed E-state index contributed by atoms with van der Waals surface area (Å²) < 4.78 is 4.82. The number of nitrogens with zero attached hydrogens (tertiary/aromatic N) is 2. The zero-order valence-corrected chi connectivity index (χ0v) is 12.8. The summed E-state index contributed by atoms with van der Waals surface area (Å²) in [7, 11) is 5.27. The van der Waals surface area contributed by atoms with Gasteiger partial charge in [0.25, 0.3) is 5.91 Å². The van der Waals surface area contributed by atoms with Crippen molar-refractivity contribution in [3.8, 4) is 0 Å². The van der Waals surface area contributed by atoms with Crippen LogP contribution in [0.15, 0.2) is 24.3 Å². The lowest BCUT2D eigenvalue weighted by atomic mass is 10.0. The van der Waals surface area contributed by atoms with Crippen molar-refractivity contribution < 1.29 is 14.3 Å². The molecule has 1 heterocycles. The van der Waals surface area contributed by atoms with E-state index in [1.807, 2.05) is 31.1 Å². The highest BCUT2D eigenvalue weighted by atomic mass is 16.5. The van der Waals surface area contributed by atoms with E-state index >= 15 is 0 Å². The van der Waals surface area contributed by atoms with E-state index < -0.39 is 6.04 Å². The molecule has 114 valence electrons. The highest BCUT2D eigenvalue weighted by Crippen LogP contribution is 2.21. The first kappa shape index (κ1) is 15.4. The number of carbonyl (C=O) groups excluding carboxylic acids is 2. The number of hydrogen-bond acceptors (Lipinski definition) is 4. The van der Waals surface area contributed by atoms with Crippen molar-refractivity contribution >= 4 is 17.6 Å². The highest BCUT2D eigenvalue weighted by molar-refractivity contribution is 5.97. The van der Waals surface area contributed by atoms with Crippen LogP contribution < -0.4 is 4.90 Å². The minimum absolute atomic E-state index is 0.101. The summed E-state index contributed by atoms with van der Waals surface area (Å²) in [6, 6.07) is 6.97. The van der Waals surface area contributed by atoms with E-state index in [-0.39, 0.29) is 11.9 Å². The van der Waals surface area contributed by atoms with Crippen molar-refractivity contribution in [3.05, 3.63) is 29.8 Å². The van der Waals surface area contributed by atoms with E-state index in [2.05, 4.69) is 0 Å². The van der Waals surface area contributed by atoms with Crippen LogP contribution in [0.5, 0.6) is 0 Å². The fraction of sp³-hybridized carbons (Fsp3) is 0.500. The van der Waals surface area contributed by atoms with E-state index in [9.17, 15) is 9.59 Å². The second kappa shape index (κ2) is 6.61. The monoisotopic (exact) mass is 290 g/mol. The van der Waals surface area contributed by atoms with Gasteiger partial charge in [-0.2, -0.15) is 0 Å². The Bertz CT molecular complexity index is 511. The van der Waals surface area contributed by atoms with Gasteiger partial charge in [-0.15, -0.1) is 0 Å².